The summed E-state index contributed by atoms with van der Waals surface area (Å²) in [5, 5.41) is 9.32. The average Bonchev–Trinajstić information content (AvgIpc) is 3.41. The maximum Gasteiger partial charge on any atom is 0.307 e. The zero-order chi connectivity index (χ0) is 24.5. The van der Waals surface area contributed by atoms with E-state index in [1.807, 2.05) is 12.1 Å². The van der Waals surface area contributed by atoms with Crippen LogP contribution in [0, 0.1) is 24.6 Å². The van der Waals surface area contributed by atoms with Crippen molar-refractivity contribution in [1.29, 1.82) is 0 Å². The van der Waals surface area contributed by atoms with E-state index in [0.29, 0.717) is 11.4 Å². The zero-order valence-corrected chi connectivity index (χ0v) is 20.3. The number of pyridine rings is 1. The zero-order valence-electron chi connectivity index (χ0n) is 20.3. The van der Waals surface area contributed by atoms with Crippen molar-refractivity contribution in [1.82, 2.24) is 4.98 Å². The van der Waals surface area contributed by atoms with Gasteiger partial charge in [0.1, 0.15) is 12.4 Å². The molecule has 4 nitrogen and oxygen atoms in total. The first-order valence-corrected chi connectivity index (χ1v) is 12.5. The number of aryl methyl sites for hydroxylation is 1. The van der Waals surface area contributed by atoms with Crippen LogP contribution in [0.2, 0.25) is 0 Å². The molecular formula is C30H30FNO3. The predicted molar refractivity (Wildman–Crippen MR) is 131 cm³/mol. The van der Waals surface area contributed by atoms with Crippen molar-refractivity contribution >= 4 is 5.97 Å². The molecular weight excluding hydrogens is 441 g/mol. The predicted octanol–water partition coefficient (Wildman–Crippen LogP) is 6.28. The fourth-order valence-corrected chi connectivity index (χ4v) is 6.55. The van der Waals surface area contributed by atoms with Gasteiger partial charge < -0.3 is 9.84 Å². The van der Waals surface area contributed by atoms with Gasteiger partial charge in [-0.15, -0.1) is 0 Å². The van der Waals surface area contributed by atoms with Gasteiger partial charge in [0.05, 0.1) is 5.92 Å². The molecule has 1 fully saturated rings. The summed E-state index contributed by atoms with van der Waals surface area (Å²) < 4.78 is 21.2. The molecule has 1 aromatic heterocycles. The van der Waals surface area contributed by atoms with Crippen molar-refractivity contribution < 1.29 is 19.0 Å². The molecule has 3 aromatic rings. The summed E-state index contributed by atoms with van der Waals surface area (Å²) in [7, 11) is 0. The van der Waals surface area contributed by atoms with Crippen LogP contribution in [0.4, 0.5) is 4.39 Å². The number of benzene rings is 2. The van der Waals surface area contributed by atoms with E-state index in [4.69, 9.17) is 4.74 Å². The number of carbonyl (C=O) groups is 1. The Bertz CT molecular complexity index is 1350. The Morgan fingerprint density at radius 1 is 1.17 bits per heavy atom. The second kappa shape index (κ2) is 7.91. The molecule has 0 radical (unpaired) electrons. The summed E-state index contributed by atoms with van der Waals surface area (Å²) in [5.74, 6) is -0.264. The van der Waals surface area contributed by atoms with Gasteiger partial charge in [0.25, 0.3) is 0 Å². The fourth-order valence-electron chi connectivity index (χ4n) is 6.55. The van der Waals surface area contributed by atoms with Crippen molar-refractivity contribution in [2.24, 2.45) is 11.8 Å². The normalized spacial score (nSPS) is 25.4. The Morgan fingerprint density at radius 3 is 2.74 bits per heavy atom. The molecule has 1 unspecified atom stereocenters. The van der Waals surface area contributed by atoms with E-state index < -0.39 is 5.97 Å². The van der Waals surface area contributed by atoms with Crippen molar-refractivity contribution in [3.8, 4) is 5.88 Å². The number of aliphatic carboxylic acids is 1. The minimum atomic E-state index is -0.721. The highest BCUT2D eigenvalue weighted by atomic mass is 19.1. The van der Waals surface area contributed by atoms with E-state index in [1.165, 1.54) is 16.7 Å². The molecule has 1 heterocycles. The summed E-state index contributed by atoms with van der Waals surface area (Å²) in [4.78, 5) is 15.8. The minimum Gasteiger partial charge on any atom is -0.481 e. The summed E-state index contributed by atoms with van der Waals surface area (Å²) in [6.07, 6.45) is 4.54. The van der Waals surface area contributed by atoms with E-state index in [-0.39, 0.29) is 41.5 Å². The van der Waals surface area contributed by atoms with Crippen molar-refractivity contribution in [3.63, 3.8) is 0 Å². The number of ether oxygens (including phenoxy) is 1. The standard InChI is InChI=1S/C30H30FNO3/c1-16-6-4-5-7-19(16)20-8-9-30(2,3)24-13-25(31)18(11-21(20)24)15-35-26-12-17-10-22-27(23(17)14-32-26)28(22)29(33)34/h4-7,11-14,20,22,27-28H,8-10,15H2,1-3H3,(H,33,34)/t20?,22-,27-,28+/m1/s1. The van der Waals surface area contributed by atoms with Gasteiger partial charge >= 0.3 is 5.97 Å². The molecule has 0 bridgehead atoms. The number of hydrogen-bond donors (Lipinski definition) is 1. The van der Waals surface area contributed by atoms with Crippen LogP contribution in [-0.2, 0) is 23.2 Å². The maximum absolute atomic E-state index is 15.3. The Hall–Kier alpha value is -3.21. The highest BCUT2D eigenvalue weighted by molar-refractivity contribution is 5.77. The first-order chi connectivity index (χ1) is 16.7. The first kappa shape index (κ1) is 22.3. The quantitative estimate of drug-likeness (QED) is 0.476. The number of fused-ring (bicyclic) bond motifs is 4. The van der Waals surface area contributed by atoms with E-state index in [9.17, 15) is 9.90 Å². The molecule has 5 heteroatoms. The molecule has 0 aliphatic heterocycles. The molecule has 0 amide bonds. The lowest BCUT2D eigenvalue weighted by molar-refractivity contribution is -0.139. The van der Waals surface area contributed by atoms with Gasteiger partial charge in [-0.05, 0) is 83.0 Å². The number of carboxylic acids is 1. The third-order valence-corrected chi connectivity index (χ3v) is 8.59. The lowest BCUT2D eigenvalue weighted by Crippen LogP contribution is -2.27. The van der Waals surface area contributed by atoms with Gasteiger partial charge in [0.2, 0.25) is 5.88 Å². The molecule has 4 atom stereocenters. The van der Waals surface area contributed by atoms with Gasteiger partial charge in [-0.3, -0.25) is 4.79 Å². The molecule has 0 saturated heterocycles. The van der Waals surface area contributed by atoms with Crippen LogP contribution in [0.25, 0.3) is 0 Å². The lowest BCUT2D eigenvalue weighted by atomic mass is 9.66. The maximum atomic E-state index is 15.3. The summed E-state index contributed by atoms with van der Waals surface area (Å²) >= 11 is 0. The Labute approximate surface area is 205 Å². The largest absolute Gasteiger partial charge is 0.481 e. The number of nitrogens with zero attached hydrogens (tertiary/aromatic N) is 1. The Kier molecular flexibility index (Phi) is 5.03. The third kappa shape index (κ3) is 3.64. The van der Waals surface area contributed by atoms with Gasteiger partial charge in [0.15, 0.2) is 0 Å². The number of hydrogen-bond acceptors (Lipinski definition) is 3. The molecule has 180 valence electrons. The number of aromatic nitrogens is 1. The van der Waals surface area contributed by atoms with E-state index >= 15 is 4.39 Å². The Balaban J connectivity index is 1.27. The van der Waals surface area contributed by atoms with Crippen LogP contribution in [0.5, 0.6) is 5.88 Å². The fraction of sp³-hybridized carbons (Fsp3) is 0.400. The minimum absolute atomic E-state index is 0.0784. The highest BCUT2D eigenvalue weighted by Crippen LogP contribution is 2.61. The smallest absolute Gasteiger partial charge is 0.307 e. The summed E-state index contributed by atoms with van der Waals surface area (Å²) in [5.41, 5.74) is 7.43. The first-order valence-electron chi connectivity index (χ1n) is 12.5. The van der Waals surface area contributed by atoms with Gasteiger partial charge in [0, 0.05) is 29.7 Å². The molecule has 35 heavy (non-hydrogen) atoms. The third-order valence-electron chi connectivity index (χ3n) is 8.59. The van der Waals surface area contributed by atoms with Crippen LogP contribution < -0.4 is 4.74 Å². The molecule has 1 N–H and O–H groups in total. The van der Waals surface area contributed by atoms with Crippen LogP contribution in [0.15, 0.2) is 48.7 Å². The van der Waals surface area contributed by atoms with Crippen molar-refractivity contribution in [2.45, 2.75) is 63.9 Å². The number of halogens is 1. The van der Waals surface area contributed by atoms with Crippen molar-refractivity contribution in [2.75, 3.05) is 0 Å². The molecule has 3 aliphatic carbocycles. The second-order valence-corrected chi connectivity index (χ2v) is 11.1. The second-order valence-electron chi connectivity index (χ2n) is 11.1. The molecule has 2 aromatic carbocycles. The average molecular weight is 472 g/mol. The van der Waals surface area contributed by atoms with Crippen molar-refractivity contribution in [3.05, 3.63) is 93.4 Å². The summed E-state index contributed by atoms with van der Waals surface area (Å²) in [6.45, 7) is 6.65. The van der Waals surface area contributed by atoms with Crippen LogP contribution >= 0.6 is 0 Å². The van der Waals surface area contributed by atoms with E-state index in [1.54, 1.807) is 12.3 Å². The van der Waals surface area contributed by atoms with Gasteiger partial charge in [-0.1, -0.05) is 38.1 Å². The number of carboxylic acid groups (broad SMARTS) is 1. The van der Waals surface area contributed by atoms with Crippen LogP contribution in [0.1, 0.15) is 77.5 Å². The summed E-state index contributed by atoms with van der Waals surface area (Å²) in [6, 6.07) is 14.1. The highest BCUT2D eigenvalue weighted by Gasteiger charge is 2.59. The topological polar surface area (TPSA) is 59.4 Å². The SMILES string of the molecule is Cc1ccccc1C1CCC(C)(C)c2cc(F)c(COc3cc4c(cn3)[C@H]3[C@@H](C4)[C@@H]3C(=O)O)cc21. The molecule has 1 saturated carbocycles. The van der Waals surface area contributed by atoms with E-state index in [2.05, 4.69) is 50.0 Å². The molecule has 3 aliphatic rings. The monoisotopic (exact) mass is 471 g/mol. The van der Waals surface area contributed by atoms with Crippen LogP contribution in [-0.4, -0.2) is 16.1 Å². The van der Waals surface area contributed by atoms with E-state index in [0.717, 1.165) is 36.0 Å². The molecule has 0 spiro atoms. The van der Waals surface area contributed by atoms with Gasteiger partial charge in [-0.2, -0.15) is 0 Å². The molecule has 6 rings (SSSR count). The van der Waals surface area contributed by atoms with Gasteiger partial charge in [-0.25, -0.2) is 9.37 Å². The Morgan fingerprint density at radius 2 is 1.97 bits per heavy atom. The number of rotatable bonds is 5. The van der Waals surface area contributed by atoms with Crippen LogP contribution in [0.3, 0.4) is 0 Å². The lowest BCUT2D eigenvalue weighted by Gasteiger charge is -2.38.